The topological polar surface area (TPSA) is 39.8 Å². The second kappa shape index (κ2) is 7.18. The number of hydrogen-bond donors (Lipinski definition) is 0. The van der Waals surface area contributed by atoms with E-state index in [1.807, 2.05) is 75.4 Å². The van der Waals surface area contributed by atoms with Gasteiger partial charge in [-0.05, 0) is 36.4 Å². The monoisotopic (exact) mass is 457 g/mol. The molecule has 0 spiro atoms. The van der Waals surface area contributed by atoms with Gasteiger partial charge in [-0.2, -0.15) is 0 Å². The first-order valence-corrected chi connectivity index (χ1v) is 12.9. The lowest BCUT2D eigenvalue weighted by atomic mass is 10.2. The van der Waals surface area contributed by atoms with Crippen molar-refractivity contribution in [3.63, 3.8) is 0 Å². The maximum atomic E-state index is 15.9. The second-order valence-electron chi connectivity index (χ2n) is 8.42. The molecule has 4 aromatic carbocycles. The molecule has 0 unspecified atom stereocenters. The Morgan fingerprint density at radius 2 is 0.824 bits per heavy atom. The lowest BCUT2D eigenvalue weighted by molar-refractivity contribution is 0.572. The van der Waals surface area contributed by atoms with E-state index < -0.39 is 7.44 Å². The van der Waals surface area contributed by atoms with E-state index in [0.717, 1.165) is 43.6 Å². The Morgan fingerprint density at radius 3 is 1.18 bits per heavy atom. The van der Waals surface area contributed by atoms with Crippen molar-refractivity contribution >= 4 is 56.5 Å². The SMILES string of the molecule is O=P(c1ccccn1)(n1c2ccccc2c2ccccc21)n1c2ccccc2c2ccccc21. The molecule has 3 aromatic heterocycles. The minimum Gasteiger partial charge on any atom is -0.269 e. The molecule has 7 aromatic rings. The van der Waals surface area contributed by atoms with E-state index in [1.165, 1.54) is 0 Å². The van der Waals surface area contributed by atoms with E-state index >= 15 is 4.57 Å². The van der Waals surface area contributed by atoms with Gasteiger partial charge in [-0.15, -0.1) is 0 Å². The maximum absolute atomic E-state index is 15.9. The number of aromatic nitrogens is 3. The number of nitrogens with zero attached hydrogens (tertiary/aromatic N) is 3. The molecule has 0 bridgehead atoms. The van der Waals surface area contributed by atoms with Gasteiger partial charge in [-0.25, -0.2) is 4.98 Å². The lowest BCUT2D eigenvalue weighted by Gasteiger charge is -2.25. The zero-order valence-electron chi connectivity index (χ0n) is 18.2. The zero-order chi connectivity index (χ0) is 22.7. The smallest absolute Gasteiger partial charge is 0.269 e. The van der Waals surface area contributed by atoms with Crippen molar-refractivity contribution < 1.29 is 4.57 Å². The van der Waals surface area contributed by atoms with Crippen LogP contribution >= 0.6 is 7.44 Å². The van der Waals surface area contributed by atoms with Gasteiger partial charge >= 0.3 is 7.44 Å². The molecule has 0 aliphatic heterocycles. The summed E-state index contributed by atoms with van der Waals surface area (Å²) in [6.45, 7) is 0. The van der Waals surface area contributed by atoms with E-state index in [9.17, 15) is 0 Å². The van der Waals surface area contributed by atoms with E-state index in [1.54, 1.807) is 6.20 Å². The predicted octanol–water partition coefficient (Wildman–Crippen LogP) is 7.21. The molecular formula is C29H20N3OP. The first kappa shape index (κ1) is 19.3. The first-order chi connectivity index (χ1) is 16.8. The number of hydrogen-bond acceptors (Lipinski definition) is 2. The van der Waals surface area contributed by atoms with Gasteiger partial charge < -0.3 is 0 Å². The van der Waals surface area contributed by atoms with Crippen LogP contribution in [0.1, 0.15) is 0 Å². The molecule has 4 nitrogen and oxygen atoms in total. The number of rotatable bonds is 3. The Morgan fingerprint density at radius 1 is 0.471 bits per heavy atom. The summed E-state index contributed by atoms with van der Waals surface area (Å²) in [5.74, 6) is 0. The van der Waals surface area contributed by atoms with Gasteiger partial charge in [0, 0.05) is 27.7 Å². The van der Waals surface area contributed by atoms with Gasteiger partial charge in [0.15, 0.2) is 0 Å². The summed E-state index contributed by atoms with van der Waals surface area (Å²) in [6, 6.07) is 38.4. The minimum atomic E-state index is -3.54. The van der Waals surface area contributed by atoms with Crippen LogP contribution in [0, 0.1) is 0 Å². The van der Waals surface area contributed by atoms with Crippen molar-refractivity contribution in [1.29, 1.82) is 0 Å². The number of fused-ring (bicyclic) bond motifs is 6. The molecule has 0 fully saturated rings. The summed E-state index contributed by atoms with van der Waals surface area (Å²) in [6.07, 6.45) is 1.73. The van der Waals surface area contributed by atoms with Crippen LogP contribution in [0.4, 0.5) is 0 Å². The van der Waals surface area contributed by atoms with E-state index in [0.29, 0.717) is 5.44 Å². The first-order valence-electron chi connectivity index (χ1n) is 11.3. The van der Waals surface area contributed by atoms with Crippen molar-refractivity contribution in [2.75, 3.05) is 0 Å². The Kier molecular flexibility index (Phi) is 4.08. The molecule has 34 heavy (non-hydrogen) atoms. The molecule has 7 rings (SSSR count). The second-order valence-corrected chi connectivity index (χ2v) is 10.8. The van der Waals surface area contributed by atoms with Crippen molar-refractivity contribution in [3.8, 4) is 0 Å². The van der Waals surface area contributed by atoms with Crippen LogP contribution in [0.5, 0.6) is 0 Å². The summed E-state index contributed by atoms with van der Waals surface area (Å²) >= 11 is 0. The molecule has 0 radical (unpaired) electrons. The fraction of sp³-hybridized carbons (Fsp3) is 0. The molecule has 0 atom stereocenters. The molecule has 0 aliphatic carbocycles. The molecule has 0 saturated carbocycles. The Hall–Kier alpha value is -4.14. The average Bonchev–Trinajstić information content (AvgIpc) is 3.43. The van der Waals surface area contributed by atoms with Crippen molar-refractivity contribution in [3.05, 3.63) is 121 Å². The molecule has 5 heteroatoms. The van der Waals surface area contributed by atoms with Crippen LogP contribution in [0.15, 0.2) is 121 Å². The summed E-state index contributed by atoms with van der Waals surface area (Å²) in [4.78, 5) is 4.69. The van der Waals surface area contributed by atoms with Gasteiger partial charge in [0.1, 0.15) is 5.44 Å². The summed E-state index contributed by atoms with van der Waals surface area (Å²) < 4.78 is 19.9. The van der Waals surface area contributed by atoms with Gasteiger partial charge in [-0.1, -0.05) is 78.9 Å². The number of para-hydroxylation sites is 4. The van der Waals surface area contributed by atoms with E-state index in [4.69, 9.17) is 0 Å². The van der Waals surface area contributed by atoms with Crippen LogP contribution < -0.4 is 5.44 Å². The zero-order valence-corrected chi connectivity index (χ0v) is 19.1. The molecule has 0 amide bonds. The van der Waals surface area contributed by atoms with Gasteiger partial charge in [-0.3, -0.25) is 13.2 Å². The molecular weight excluding hydrogens is 437 g/mol. The highest BCUT2D eigenvalue weighted by Gasteiger charge is 2.36. The van der Waals surface area contributed by atoms with Crippen LogP contribution in [-0.2, 0) is 4.57 Å². The third kappa shape index (κ3) is 2.49. The van der Waals surface area contributed by atoms with E-state index in [2.05, 4.69) is 53.5 Å². The Bertz CT molecular complexity index is 1680. The molecule has 162 valence electrons. The van der Waals surface area contributed by atoms with Crippen LogP contribution in [0.25, 0.3) is 43.6 Å². The van der Waals surface area contributed by atoms with E-state index in [-0.39, 0.29) is 0 Å². The minimum absolute atomic E-state index is 0.549. The van der Waals surface area contributed by atoms with Crippen molar-refractivity contribution in [1.82, 2.24) is 13.7 Å². The van der Waals surface area contributed by atoms with Crippen molar-refractivity contribution in [2.24, 2.45) is 0 Å². The lowest BCUT2D eigenvalue weighted by Crippen LogP contribution is -2.20. The normalized spacial score (nSPS) is 12.2. The third-order valence-corrected chi connectivity index (χ3v) is 9.41. The largest absolute Gasteiger partial charge is 0.319 e. The standard InChI is InChI=1S/C29H20N3OP/c33-34(29-19-9-10-20-30-29,31-25-15-5-1-11-21(25)22-12-2-6-16-26(22)31)32-27-17-7-3-13-23(27)24-14-4-8-18-28(24)32/h1-20H. The highest BCUT2D eigenvalue weighted by atomic mass is 31.2. The van der Waals surface area contributed by atoms with Crippen LogP contribution in [0.2, 0.25) is 0 Å². The summed E-state index contributed by atoms with van der Waals surface area (Å²) in [5, 5.41) is 4.31. The predicted molar refractivity (Wildman–Crippen MR) is 141 cm³/mol. The highest BCUT2D eigenvalue weighted by Crippen LogP contribution is 2.56. The number of pyridine rings is 1. The summed E-state index contributed by atoms with van der Waals surface area (Å²) in [7, 11) is -3.54. The number of benzene rings is 4. The third-order valence-electron chi connectivity index (χ3n) is 6.60. The molecule has 0 aliphatic rings. The van der Waals surface area contributed by atoms with Gasteiger partial charge in [0.2, 0.25) is 0 Å². The van der Waals surface area contributed by atoms with Crippen LogP contribution in [0.3, 0.4) is 0 Å². The quantitative estimate of drug-likeness (QED) is 0.263. The fourth-order valence-electron chi connectivity index (χ4n) is 5.21. The molecule has 3 heterocycles. The fourth-order valence-corrected chi connectivity index (χ4v) is 8.16. The maximum Gasteiger partial charge on any atom is 0.319 e. The molecule has 0 saturated heterocycles. The molecule has 0 N–H and O–H groups in total. The Labute approximate surface area is 196 Å². The van der Waals surface area contributed by atoms with Gasteiger partial charge in [0.05, 0.1) is 22.1 Å². The summed E-state index contributed by atoms with van der Waals surface area (Å²) in [5.41, 5.74) is 4.27. The van der Waals surface area contributed by atoms with Gasteiger partial charge in [0.25, 0.3) is 0 Å². The highest BCUT2D eigenvalue weighted by molar-refractivity contribution is 7.69. The van der Waals surface area contributed by atoms with Crippen LogP contribution in [-0.4, -0.2) is 13.7 Å². The average molecular weight is 457 g/mol. The van der Waals surface area contributed by atoms with Crippen molar-refractivity contribution in [2.45, 2.75) is 0 Å². The Balaban J connectivity index is 1.76.